The van der Waals surface area contributed by atoms with Crippen molar-refractivity contribution in [2.24, 2.45) is 0 Å². The van der Waals surface area contributed by atoms with E-state index in [1.165, 1.54) is 30.4 Å². The van der Waals surface area contributed by atoms with Gasteiger partial charge in [0.05, 0.1) is 16.9 Å². The summed E-state index contributed by atoms with van der Waals surface area (Å²) in [7, 11) is 0. The van der Waals surface area contributed by atoms with Gasteiger partial charge in [0, 0.05) is 21.2 Å². The fourth-order valence-electron chi connectivity index (χ4n) is 5.85. The Bertz CT molecular complexity index is 1440. The third-order valence-electron chi connectivity index (χ3n) is 7.47. The van der Waals surface area contributed by atoms with E-state index in [1.54, 1.807) is 11.8 Å². The molecule has 0 radical (unpaired) electrons. The van der Waals surface area contributed by atoms with Crippen LogP contribution in [0.2, 0.25) is 0 Å². The van der Waals surface area contributed by atoms with Crippen LogP contribution in [0.25, 0.3) is 16.9 Å². The maximum Gasteiger partial charge on any atom is 0.263 e. The zero-order valence-corrected chi connectivity index (χ0v) is 21.9. The van der Waals surface area contributed by atoms with E-state index in [9.17, 15) is 4.79 Å². The van der Waals surface area contributed by atoms with Gasteiger partial charge in [-0.1, -0.05) is 108 Å². The molecule has 0 N–H and O–H groups in total. The molecule has 0 bridgehead atoms. The van der Waals surface area contributed by atoms with Gasteiger partial charge < -0.3 is 0 Å². The summed E-state index contributed by atoms with van der Waals surface area (Å²) in [5.41, 5.74) is 6.34. The summed E-state index contributed by atoms with van der Waals surface area (Å²) in [6.07, 6.45) is 6.63. The van der Waals surface area contributed by atoms with Crippen LogP contribution < -0.4 is 5.56 Å². The fourth-order valence-corrected chi connectivity index (χ4v) is 7.20. The second-order valence-electron chi connectivity index (χ2n) is 9.69. The molecule has 3 nitrogen and oxygen atoms in total. The van der Waals surface area contributed by atoms with Gasteiger partial charge in [0.15, 0.2) is 5.16 Å². The molecule has 2 aliphatic carbocycles. The predicted octanol–water partition coefficient (Wildman–Crippen LogP) is 7.71. The number of hydrogen-bond acceptors (Lipinski definition) is 3. The van der Waals surface area contributed by atoms with Crippen molar-refractivity contribution in [3.8, 4) is 16.9 Å². The Morgan fingerprint density at radius 3 is 2.49 bits per heavy atom. The Labute approximate surface area is 218 Å². The van der Waals surface area contributed by atoms with Gasteiger partial charge >= 0.3 is 0 Å². The van der Waals surface area contributed by atoms with Crippen LogP contribution in [0, 0.1) is 0 Å². The van der Waals surface area contributed by atoms with Gasteiger partial charge in [-0.15, -0.1) is 0 Å². The van der Waals surface area contributed by atoms with Crippen molar-refractivity contribution in [1.82, 2.24) is 9.55 Å². The lowest BCUT2D eigenvalue weighted by atomic mass is 9.62. The summed E-state index contributed by atoms with van der Waals surface area (Å²) in [6, 6.07) is 27.0. The van der Waals surface area contributed by atoms with Crippen molar-refractivity contribution in [3.05, 3.63) is 110 Å². The fraction of sp³-hybridized carbons (Fsp3) is 0.267. The number of fused-ring (bicyclic) bond motifs is 4. The van der Waals surface area contributed by atoms with E-state index in [0.717, 1.165) is 57.2 Å². The number of aromatic nitrogens is 2. The molecule has 0 saturated heterocycles. The van der Waals surface area contributed by atoms with Crippen LogP contribution in [-0.2, 0) is 17.6 Å². The van der Waals surface area contributed by atoms with E-state index in [1.807, 2.05) is 34.9 Å². The minimum atomic E-state index is -0.123. The first-order valence-electron chi connectivity index (χ1n) is 12.3. The van der Waals surface area contributed by atoms with Crippen molar-refractivity contribution in [2.75, 3.05) is 0 Å². The normalized spacial score (nSPS) is 16.0. The lowest BCUT2D eigenvalue weighted by Crippen LogP contribution is -2.42. The van der Waals surface area contributed by atoms with Gasteiger partial charge in [0.1, 0.15) is 0 Å². The second-order valence-corrected chi connectivity index (χ2v) is 11.5. The first-order chi connectivity index (χ1) is 17.1. The summed E-state index contributed by atoms with van der Waals surface area (Å²) >= 11 is 5.24. The Morgan fingerprint density at radius 1 is 0.914 bits per heavy atom. The lowest BCUT2D eigenvalue weighted by Gasteiger charge is -2.42. The van der Waals surface area contributed by atoms with Crippen LogP contribution in [0.5, 0.6) is 0 Å². The highest BCUT2D eigenvalue weighted by Gasteiger charge is 2.43. The monoisotopic (exact) mass is 542 g/mol. The van der Waals surface area contributed by atoms with E-state index in [0.29, 0.717) is 0 Å². The molecule has 4 aromatic rings. The predicted molar refractivity (Wildman–Crippen MR) is 147 cm³/mol. The summed E-state index contributed by atoms with van der Waals surface area (Å²) in [5.74, 6) is 0.757. The van der Waals surface area contributed by atoms with E-state index in [2.05, 4.69) is 64.5 Å². The van der Waals surface area contributed by atoms with Crippen LogP contribution in [-0.4, -0.2) is 9.55 Å². The topological polar surface area (TPSA) is 34.9 Å². The Morgan fingerprint density at radius 2 is 1.69 bits per heavy atom. The number of halogens is 1. The van der Waals surface area contributed by atoms with Gasteiger partial charge in [0.2, 0.25) is 0 Å². The summed E-state index contributed by atoms with van der Waals surface area (Å²) in [4.78, 5) is 19.8. The van der Waals surface area contributed by atoms with Crippen molar-refractivity contribution in [1.29, 1.82) is 0 Å². The van der Waals surface area contributed by atoms with E-state index < -0.39 is 0 Å². The summed E-state index contributed by atoms with van der Waals surface area (Å²) < 4.78 is 2.82. The highest BCUT2D eigenvalue weighted by Crippen LogP contribution is 2.49. The molecule has 0 amide bonds. The molecule has 35 heavy (non-hydrogen) atoms. The minimum Gasteiger partial charge on any atom is -0.268 e. The number of nitrogens with zero attached hydrogens (tertiary/aromatic N) is 2. The highest BCUT2D eigenvalue weighted by molar-refractivity contribution is 9.10. The van der Waals surface area contributed by atoms with Gasteiger partial charge in [-0.2, -0.15) is 0 Å². The number of thioether (sulfide) groups is 1. The van der Waals surface area contributed by atoms with Gasteiger partial charge in [-0.05, 0) is 48.6 Å². The number of rotatable bonds is 4. The Kier molecular flexibility index (Phi) is 6.15. The van der Waals surface area contributed by atoms with Crippen molar-refractivity contribution in [2.45, 2.75) is 54.8 Å². The van der Waals surface area contributed by atoms with Crippen LogP contribution >= 0.6 is 27.7 Å². The van der Waals surface area contributed by atoms with Crippen LogP contribution in [0.3, 0.4) is 0 Å². The molecule has 1 spiro atoms. The Balaban J connectivity index is 1.60. The van der Waals surface area contributed by atoms with E-state index in [4.69, 9.17) is 4.98 Å². The zero-order chi connectivity index (χ0) is 23.8. The summed E-state index contributed by atoms with van der Waals surface area (Å²) in [5, 5.41) is 0.748. The first-order valence-corrected chi connectivity index (χ1v) is 14.1. The minimum absolute atomic E-state index is 0.0973. The molecule has 6 rings (SSSR count). The average Bonchev–Trinajstić information content (AvgIpc) is 2.88. The zero-order valence-electron chi connectivity index (χ0n) is 19.5. The molecule has 0 unspecified atom stereocenters. The van der Waals surface area contributed by atoms with Crippen molar-refractivity contribution >= 4 is 27.7 Å². The van der Waals surface area contributed by atoms with E-state index >= 15 is 0 Å². The summed E-state index contributed by atoms with van der Waals surface area (Å²) in [6.45, 7) is 0. The third kappa shape index (κ3) is 4.19. The molecule has 1 heterocycles. The van der Waals surface area contributed by atoms with Crippen molar-refractivity contribution < 1.29 is 0 Å². The third-order valence-corrected chi connectivity index (χ3v) is 8.97. The average molecular weight is 544 g/mol. The molecule has 1 aromatic heterocycles. The molecule has 1 saturated carbocycles. The highest BCUT2D eigenvalue weighted by atomic mass is 79.9. The van der Waals surface area contributed by atoms with Crippen molar-refractivity contribution in [3.63, 3.8) is 0 Å². The van der Waals surface area contributed by atoms with Crippen LogP contribution in [0.4, 0.5) is 0 Å². The first kappa shape index (κ1) is 22.8. The van der Waals surface area contributed by atoms with E-state index in [-0.39, 0.29) is 11.0 Å². The lowest BCUT2D eigenvalue weighted by molar-refractivity contribution is 0.283. The molecule has 1 fully saturated rings. The molecular weight excluding hydrogens is 516 g/mol. The molecule has 2 aliphatic rings. The van der Waals surface area contributed by atoms with Gasteiger partial charge in [-0.3, -0.25) is 9.36 Å². The largest absolute Gasteiger partial charge is 0.268 e. The molecule has 3 aromatic carbocycles. The van der Waals surface area contributed by atoms with Crippen LogP contribution in [0.1, 0.15) is 48.8 Å². The molecule has 0 atom stereocenters. The molecule has 176 valence electrons. The SMILES string of the molecule is O=c1c2c(nc(SCc3ccccc3)n1-c1cccc(Br)c1)-c1ccccc1CC21CCCCC1. The molecule has 5 heteroatoms. The second kappa shape index (κ2) is 9.44. The quantitative estimate of drug-likeness (QED) is 0.195. The van der Waals surface area contributed by atoms with Crippen LogP contribution in [0.15, 0.2) is 93.3 Å². The maximum absolute atomic E-state index is 14.5. The van der Waals surface area contributed by atoms with Gasteiger partial charge in [-0.25, -0.2) is 4.98 Å². The smallest absolute Gasteiger partial charge is 0.263 e. The molecule has 0 aliphatic heterocycles. The van der Waals surface area contributed by atoms with Gasteiger partial charge in [0.25, 0.3) is 5.56 Å². The standard InChI is InChI=1S/C30H27BrN2OS/c31-23-13-9-14-24(18-23)33-28(34)26-27(32-29(33)35-20-21-10-3-1-4-11-21)25-15-6-5-12-22(25)19-30(26)16-7-2-8-17-30/h1,3-6,9-15,18H,2,7-8,16-17,19-20H2. The Hall–Kier alpha value is -2.63. The number of benzene rings is 3. The number of hydrogen-bond donors (Lipinski definition) is 0. The maximum atomic E-state index is 14.5. The molecular formula is C30H27BrN2OS.